The normalized spacial score (nSPS) is 16.2. The third-order valence-corrected chi connectivity index (χ3v) is 5.00. The molecule has 1 aliphatic heterocycles. The number of rotatable bonds is 7. The number of phenolic OH excluding ortho intramolecular Hbond substituents is 1. The molecule has 1 amide bonds. The van der Waals surface area contributed by atoms with Crippen molar-refractivity contribution in [2.45, 2.75) is 32.2 Å². The number of amides is 1. The Morgan fingerprint density at radius 2 is 2.00 bits per heavy atom. The summed E-state index contributed by atoms with van der Waals surface area (Å²) < 4.78 is 10.0. The van der Waals surface area contributed by atoms with E-state index in [-0.39, 0.29) is 11.7 Å². The number of carbonyl (C=O) groups excluding carboxylic acids is 2. The minimum atomic E-state index is -0.401. The van der Waals surface area contributed by atoms with Crippen molar-refractivity contribution in [2.24, 2.45) is 5.10 Å². The molecule has 1 aliphatic rings. The number of methoxy groups -OCH3 is 1. The summed E-state index contributed by atoms with van der Waals surface area (Å²) in [5, 5.41) is 19.1. The van der Waals surface area contributed by atoms with Crippen LogP contribution in [0.4, 0.5) is 5.69 Å². The molecule has 2 aromatic rings. The molecule has 2 aromatic carbocycles. The topological polar surface area (TPSA) is 100 Å². The van der Waals surface area contributed by atoms with Gasteiger partial charge in [0.25, 0.3) is 0 Å². The molecule has 0 radical (unpaired) electrons. The second-order valence-corrected chi connectivity index (χ2v) is 7.14. The number of ether oxygens (including phenoxy) is 2. The predicted molar refractivity (Wildman–Crippen MR) is 118 cm³/mol. The van der Waals surface area contributed by atoms with E-state index >= 15 is 0 Å². The molecule has 8 heteroatoms. The van der Waals surface area contributed by atoms with Crippen molar-refractivity contribution in [3.8, 4) is 11.5 Å². The van der Waals surface area contributed by atoms with Crippen molar-refractivity contribution in [3.63, 3.8) is 0 Å². The van der Waals surface area contributed by atoms with E-state index in [2.05, 4.69) is 10.4 Å². The highest BCUT2D eigenvalue weighted by Gasteiger charge is 2.28. The van der Waals surface area contributed by atoms with Gasteiger partial charge in [-0.25, -0.2) is 4.79 Å². The monoisotopic (exact) mass is 425 g/mol. The maximum absolute atomic E-state index is 12.9. The molecular weight excluding hydrogens is 398 g/mol. The fourth-order valence-electron chi connectivity index (χ4n) is 3.38. The molecule has 0 aromatic heterocycles. The van der Waals surface area contributed by atoms with Gasteiger partial charge in [0, 0.05) is 12.2 Å². The van der Waals surface area contributed by atoms with E-state index in [0.717, 1.165) is 12.8 Å². The van der Waals surface area contributed by atoms with Crippen LogP contribution in [0.15, 0.2) is 47.6 Å². The smallest absolute Gasteiger partial charge is 0.338 e. The third kappa shape index (κ3) is 5.75. The Morgan fingerprint density at radius 1 is 1.23 bits per heavy atom. The Labute approximate surface area is 181 Å². The summed E-state index contributed by atoms with van der Waals surface area (Å²) in [5.74, 6) is -0.122. The van der Waals surface area contributed by atoms with Crippen molar-refractivity contribution >= 4 is 23.8 Å². The first-order valence-corrected chi connectivity index (χ1v) is 10.3. The van der Waals surface area contributed by atoms with Crippen LogP contribution < -0.4 is 10.1 Å². The van der Waals surface area contributed by atoms with Gasteiger partial charge in [0.15, 0.2) is 11.5 Å². The summed E-state index contributed by atoms with van der Waals surface area (Å²) in [7, 11) is 1.49. The van der Waals surface area contributed by atoms with Crippen molar-refractivity contribution in [2.75, 3.05) is 25.6 Å². The maximum Gasteiger partial charge on any atom is 0.338 e. The summed E-state index contributed by atoms with van der Waals surface area (Å²) in [6, 6.07) is 11.2. The number of aromatic hydroxyl groups is 1. The zero-order valence-electron chi connectivity index (χ0n) is 17.7. The van der Waals surface area contributed by atoms with Crippen molar-refractivity contribution in [1.29, 1.82) is 0 Å². The Hall–Kier alpha value is -3.55. The van der Waals surface area contributed by atoms with Gasteiger partial charge < -0.3 is 19.9 Å². The minimum absolute atomic E-state index is 0.0330. The second-order valence-electron chi connectivity index (χ2n) is 7.14. The molecular formula is C23H27N3O5. The fraction of sp³-hybridized carbons (Fsp3) is 0.348. The molecule has 31 heavy (non-hydrogen) atoms. The van der Waals surface area contributed by atoms with Crippen LogP contribution in [0.25, 0.3) is 0 Å². The van der Waals surface area contributed by atoms with E-state index in [1.807, 2.05) is 0 Å². The van der Waals surface area contributed by atoms with Crippen LogP contribution in [0, 0.1) is 0 Å². The van der Waals surface area contributed by atoms with Crippen LogP contribution in [-0.4, -0.2) is 54.5 Å². The number of hydrazone groups is 1. The van der Waals surface area contributed by atoms with Crippen molar-refractivity contribution in [1.82, 2.24) is 5.01 Å². The molecule has 0 aliphatic carbocycles. The molecule has 1 atom stereocenters. The highest BCUT2D eigenvalue weighted by atomic mass is 16.5. The molecule has 1 heterocycles. The third-order valence-electron chi connectivity index (χ3n) is 5.00. The van der Waals surface area contributed by atoms with Crippen LogP contribution >= 0.6 is 0 Å². The van der Waals surface area contributed by atoms with Gasteiger partial charge in [-0.05, 0) is 74.2 Å². The van der Waals surface area contributed by atoms with Gasteiger partial charge >= 0.3 is 5.97 Å². The zero-order chi connectivity index (χ0) is 22.2. The van der Waals surface area contributed by atoms with E-state index in [0.29, 0.717) is 42.1 Å². The molecule has 8 nitrogen and oxygen atoms in total. The van der Waals surface area contributed by atoms with Crippen LogP contribution in [0.3, 0.4) is 0 Å². The lowest BCUT2D eigenvalue weighted by molar-refractivity contribution is -0.122. The molecule has 3 rings (SSSR count). The summed E-state index contributed by atoms with van der Waals surface area (Å²) in [6.07, 6.45) is 4.20. The van der Waals surface area contributed by atoms with Crippen LogP contribution in [0.1, 0.15) is 42.1 Å². The number of hydrogen-bond acceptors (Lipinski definition) is 7. The van der Waals surface area contributed by atoms with Gasteiger partial charge in [-0.1, -0.05) is 0 Å². The molecule has 1 unspecified atom stereocenters. The highest BCUT2D eigenvalue weighted by Crippen LogP contribution is 2.26. The van der Waals surface area contributed by atoms with E-state index < -0.39 is 12.0 Å². The van der Waals surface area contributed by atoms with E-state index in [1.165, 1.54) is 7.11 Å². The lowest BCUT2D eigenvalue weighted by atomic mass is 10.0. The number of piperidine rings is 1. The van der Waals surface area contributed by atoms with Gasteiger partial charge in [0.2, 0.25) is 5.91 Å². The fourth-order valence-corrected chi connectivity index (χ4v) is 3.38. The largest absolute Gasteiger partial charge is 0.504 e. The number of nitrogens with zero attached hydrogens (tertiary/aromatic N) is 2. The highest BCUT2D eigenvalue weighted by molar-refractivity contribution is 5.96. The Bertz CT molecular complexity index is 943. The average molecular weight is 425 g/mol. The minimum Gasteiger partial charge on any atom is -0.504 e. The van der Waals surface area contributed by atoms with Crippen molar-refractivity contribution in [3.05, 3.63) is 53.6 Å². The van der Waals surface area contributed by atoms with Gasteiger partial charge in [-0.3, -0.25) is 9.80 Å². The molecule has 0 saturated carbocycles. The molecule has 0 spiro atoms. The second kappa shape index (κ2) is 10.5. The zero-order valence-corrected chi connectivity index (χ0v) is 17.7. The number of carbonyl (C=O) groups is 2. The number of phenols is 1. The first-order valence-electron chi connectivity index (χ1n) is 10.3. The Kier molecular flexibility index (Phi) is 7.48. The average Bonchev–Trinajstić information content (AvgIpc) is 2.78. The predicted octanol–water partition coefficient (Wildman–Crippen LogP) is 3.40. The Morgan fingerprint density at radius 3 is 2.68 bits per heavy atom. The van der Waals surface area contributed by atoms with Crippen LogP contribution in [-0.2, 0) is 9.53 Å². The lowest BCUT2D eigenvalue weighted by Crippen LogP contribution is -2.44. The van der Waals surface area contributed by atoms with E-state index in [4.69, 9.17) is 9.47 Å². The summed E-state index contributed by atoms with van der Waals surface area (Å²) >= 11 is 0. The van der Waals surface area contributed by atoms with E-state index in [9.17, 15) is 14.7 Å². The van der Waals surface area contributed by atoms with Crippen molar-refractivity contribution < 1.29 is 24.2 Å². The first kappa shape index (κ1) is 22.1. The van der Waals surface area contributed by atoms with E-state index in [1.54, 1.807) is 60.6 Å². The number of anilines is 1. The SMILES string of the molecule is CCOC(=O)c1ccc(NC(=O)C2CCCCN2/N=C/c2ccc(OC)c(O)c2)cc1. The number of esters is 1. The van der Waals surface area contributed by atoms with Crippen LogP contribution in [0.5, 0.6) is 11.5 Å². The van der Waals surface area contributed by atoms with Gasteiger partial charge in [0.1, 0.15) is 6.04 Å². The molecule has 164 valence electrons. The van der Waals surface area contributed by atoms with Crippen LogP contribution in [0.2, 0.25) is 0 Å². The molecule has 1 saturated heterocycles. The molecule has 0 bridgehead atoms. The molecule has 2 N–H and O–H groups in total. The summed E-state index contributed by atoms with van der Waals surface area (Å²) in [5.41, 5.74) is 1.75. The summed E-state index contributed by atoms with van der Waals surface area (Å²) in [4.78, 5) is 24.6. The number of hydrogen-bond donors (Lipinski definition) is 2. The Balaban J connectivity index is 1.66. The quantitative estimate of drug-likeness (QED) is 0.521. The van der Waals surface area contributed by atoms with Gasteiger partial charge in [0.05, 0.1) is 25.5 Å². The lowest BCUT2D eigenvalue weighted by Gasteiger charge is -2.32. The summed E-state index contributed by atoms with van der Waals surface area (Å²) in [6.45, 7) is 2.73. The molecule has 1 fully saturated rings. The number of benzene rings is 2. The van der Waals surface area contributed by atoms with Gasteiger partial charge in [-0.2, -0.15) is 5.10 Å². The number of nitrogens with one attached hydrogen (secondary N) is 1. The first-order chi connectivity index (χ1) is 15.0. The standard InChI is InChI=1S/C23H27N3O5/c1-3-31-23(29)17-8-10-18(11-9-17)25-22(28)19-6-4-5-13-26(19)24-15-16-7-12-21(30-2)20(27)14-16/h7-12,14-15,19,27H,3-6,13H2,1-2H3,(H,25,28)/b24-15+. The van der Waals surface area contributed by atoms with Gasteiger partial charge in [-0.15, -0.1) is 0 Å². The maximum atomic E-state index is 12.9.